The Hall–Kier alpha value is -8.15. The zero-order chi connectivity index (χ0) is 42.1. The van der Waals surface area contributed by atoms with E-state index in [4.69, 9.17) is 19.4 Å². The van der Waals surface area contributed by atoms with Gasteiger partial charge in [-0.2, -0.15) is 0 Å². The Bertz CT molecular complexity index is 3440. The number of hydrogen-bond acceptors (Lipinski definition) is 5. The van der Waals surface area contributed by atoms with Crippen LogP contribution in [0.5, 0.6) is 0 Å². The summed E-state index contributed by atoms with van der Waals surface area (Å²) >= 11 is 0. The Morgan fingerprint density at radius 1 is 0.429 bits per heavy atom. The van der Waals surface area contributed by atoms with Crippen LogP contribution in [0.1, 0.15) is 33.4 Å². The summed E-state index contributed by atoms with van der Waals surface area (Å²) in [6, 6.07) is 73.2. The minimum Gasteiger partial charge on any atom is -0.456 e. The lowest BCUT2D eigenvalue weighted by Crippen LogP contribution is -2.38. The second kappa shape index (κ2) is 14.5. The minimum absolute atomic E-state index is 0.642. The maximum Gasteiger partial charge on any atom is 0.164 e. The van der Waals surface area contributed by atoms with Gasteiger partial charge in [0.25, 0.3) is 0 Å². The predicted molar refractivity (Wildman–Crippen MR) is 257 cm³/mol. The van der Waals surface area contributed by atoms with Crippen LogP contribution < -0.4 is 4.90 Å². The third-order valence-corrected chi connectivity index (χ3v) is 12.8. The lowest BCUT2D eigenvalue weighted by atomic mass is 9.62. The molecule has 0 unspecified atom stereocenters. The van der Waals surface area contributed by atoms with Gasteiger partial charge in [0, 0.05) is 38.7 Å². The van der Waals surface area contributed by atoms with E-state index in [1.165, 1.54) is 27.5 Å². The molecule has 0 spiro atoms. The number of hydrogen-bond donors (Lipinski definition) is 0. The van der Waals surface area contributed by atoms with Crippen LogP contribution in [-0.4, -0.2) is 15.0 Å². The molecule has 5 nitrogen and oxygen atoms in total. The van der Waals surface area contributed by atoms with Crippen molar-refractivity contribution >= 4 is 49.8 Å². The van der Waals surface area contributed by atoms with Crippen molar-refractivity contribution in [1.29, 1.82) is 0 Å². The molecular formula is C58H40N4O. The zero-order valence-corrected chi connectivity index (χ0v) is 34.8. The van der Waals surface area contributed by atoms with Crippen LogP contribution in [0.4, 0.5) is 17.1 Å². The monoisotopic (exact) mass is 808 g/mol. The number of aromatic nitrogens is 3. The second-order valence-electron chi connectivity index (χ2n) is 16.4. The molecule has 2 aromatic heterocycles. The Kier molecular flexibility index (Phi) is 8.44. The van der Waals surface area contributed by atoms with E-state index in [1.807, 2.05) is 60.7 Å². The van der Waals surface area contributed by atoms with Gasteiger partial charge in [0.1, 0.15) is 11.2 Å². The van der Waals surface area contributed by atoms with Crippen LogP contribution in [0.2, 0.25) is 0 Å². The predicted octanol–water partition coefficient (Wildman–Crippen LogP) is 14.7. The molecule has 12 rings (SSSR count). The van der Waals surface area contributed by atoms with Gasteiger partial charge in [-0.1, -0.05) is 170 Å². The molecule has 0 amide bonds. The molecular weight excluding hydrogens is 769 g/mol. The first-order chi connectivity index (χ1) is 31.1. The summed E-state index contributed by atoms with van der Waals surface area (Å²) in [7, 11) is 0. The number of para-hydroxylation sites is 3. The number of aryl methyl sites for hydroxylation is 2. The van der Waals surface area contributed by atoms with Crippen molar-refractivity contribution in [3.63, 3.8) is 0 Å². The van der Waals surface area contributed by atoms with Crippen LogP contribution in [0.3, 0.4) is 0 Å². The maximum absolute atomic E-state index is 7.07. The van der Waals surface area contributed by atoms with E-state index in [0.717, 1.165) is 72.4 Å². The van der Waals surface area contributed by atoms with Gasteiger partial charge >= 0.3 is 0 Å². The van der Waals surface area contributed by atoms with Crippen molar-refractivity contribution in [2.75, 3.05) is 4.90 Å². The second-order valence-corrected chi connectivity index (χ2v) is 16.4. The Balaban J connectivity index is 1.11. The normalized spacial score (nSPS) is 13.0. The summed E-state index contributed by atoms with van der Waals surface area (Å²) in [6.45, 7) is 4.36. The summed E-state index contributed by atoms with van der Waals surface area (Å²) in [5.41, 5.74) is 14.0. The van der Waals surface area contributed by atoms with Crippen molar-refractivity contribution in [2.45, 2.75) is 19.3 Å². The van der Waals surface area contributed by atoms with Crippen molar-refractivity contribution in [2.24, 2.45) is 0 Å². The lowest BCUT2D eigenvalue weighted by Gasteiger charge is -2.46. The van der Waals surface area contributed by atoms with E-state index in [9.17, 15) is 0 Å². The van der Waals surface area contributed by atoms with Gasteiger partial charge in [-0.25, -0.2) is 15.0 Å². The summed E-state index contributed by atoms with van der Waals surface area (Å²) < 4.78 is 7.07. The van der Waals surface area contributed by atoms with Crippen LogP contribution >= 0.6 is 0 Å². The Morgan fingerprint density at radius 2 is 0.952 bits per heavy atom. The molecule has 0 saturated heterocycles. The first-order valence-corrected chi connectivity index (χ1v) is 21.4. The molecule has 5 heteroatoms. The molecule has 63 heavy (non-hydrogen) atoms. The van der Waals surface area contributed by atoms with E-state index in [-0.39, 0.29) is 0 Å². The zero-order valence-electron chi connectivity index (χ0n) is 34.8. The molecule has 0 saturated carbocycles. The molecule has 0 aliphatic carbocycles. The van der Waals surface area contributed by atoms with E-state index >= 15 is 0 Å². The third-order valence-electron chi connectivity index (χ3n) is 12.8. The van der Waals surface area contributed by atoms with Gasteiger partial charge in [-0.05, 0) is 88.8 Å². The quantitative estimate of drug-likeness (QED) is 0.167. The fourth-order valence-electron chi connectivity index (χ4n) is 10.0. The van der Waals surface area contributed by atoms with Gasteiger partial charge in [-0.15, -0.1) is 0 Å². The van der Waals surface area contributed by atoms with E-state index in [1.54, 1.807) is 0 Å². The smallest absolute Gasteiger partial charge is 0.164 e. The number of furan rings is 1. The number of anilines is 3. The SMILES string of the molecule is Cc1cc(N2c3ccccc3C(c3ccccc3)(c3cc4ccccc4c4c3oc3ccccc34)c3ccccc32)c(C)cc1-c1nc(-c2ccccc2)nc(-c2ccccc2)n1. The van der Waals surface area contributed by atoms with Gasteiger partial charge in [0.05, 0.1) is 16.8 Å². The fraction of sp³-hybridized carbons (Fsp3) is 0.0517. The molecule has 11 aromatic rings. The maximum atomic E-state index is 7.07. The molecule has 298 valence electrons. The largest absolute Gasteiger partial charge is 0.456 e. The van der Waals surface area contributed by atoms with Crippen molar-refractivity contribution < 1.29 is 4.42 Å². The Morgan fingerprint density at radius 3 is 1.60 bits per heavy atom. The molecule has 0 radical (unpaired) electrons. The average molecular weight is 809 g/mol. The van der Waals surface area contributed by atoms with E-state index in [0.29, 0.717) is 17.5 Å². The summed E-state index contributed by atoms with van der Waals surface area (Å²) in [6.07, 6.45) is 0. The third kappa shape index (κ3) is 5.67. The van der Waals surface area contributed by atoms with Gasteiger partial charge in [-0.3, -0.25) is 0 Å². The van der Waals surface area contributed by atoms with Gasteiger partial charge in [0.15, 0.2) is 17.5 Å². The van der Waals surface area contributed by atoms with Crippen LogP contribution in [0.25, 0.3) is 66.9 Å². The van der Waals surface area contributed by atoms with Crippen LogP contribution in [0.15, 0.2) is 211 Å². The molecule has 0 atom stereocenters. The molecule has 0 fully saturated rings. The Labute approximate surface area is 365 Å². The highest BCUT2D eigenvalue weighted by atomic mass is 16.3. The molecule has 9 aromatic carbocycles. The topological polar surface area (TPSA) is 55.1 Å². The van der Waals surface area contributed by atoms with Crippen LogP contribution in [0, 0.1) is 13.8 Å². The minimum atomic E-state index is -0.753. The highest BCUT2D eigenvalue weighted by molar-refractivity contribution is 6.20. The highest BCUT2D eigenvalue weighted by Gasteiger charge is 2.48. The van der Waals surface area contributed by atoms with Crippen molar-refractivity contribution in [3.05, 3.63) is 240 Å². The number of fused-ring (bicyclic) bond motifs is 7. The highest BCUT2D eigenvalue weighted by Crippen LogP contribution is 2.60. The lowest BCUT2D eigenvalue weighted by molar-refractivity contribution is 0.644. The molecule has 3 heterocycles. The first-order valence-electron chi connectivity index (χ1n) is 21.4. The fourth-order valence-corrected chi connectivity index (χ4v) is 10.0. The number of rotatable bonds is 6. The molecule has 0 bridgehead atoms. The molecule has 1 aliphatic heterocycles. The van der Waals surface area contributed by atoms with Crippen molar-refractivity contribution in [3.8, 4) is 34.2 Å². The molecule has 1 aliphatic rings. The van der Waals surface area contributed by atoms with Crippen molar-refractivity contribution in [1.82, 2.24) is 15.0 Å². The van der Waals surface area contributed by atoms with Gasteiger partial charge < -0.3 is 9.32 Å². The summed E-state index contributed by atoms with van der Waals surface area (Å²) in [5.74, 6) is 1.93. The van der Waals surface area contributed by atoms with Gasteiger partial charge in [0.2, 0.25) is 0 Å². The van der Waals surface area contributed by atoms with Crippen LogP contribution in [-0.2, 0) is 5.41 Å². The number of nitrogens with zero attached hydrogens (tertiary/aromatic N) is 4. The summed E-state index contributed by atoms with van der Waals surface area (Å²) in [5, 5.41) is 4.60. The summed E-state index contributed by atoms with van der Waals surface area (Å²) in [4.78, 5) is 17.7. The standard InChI is InChI=1S/C58H40N4O/c1-37-35-51(38(2)34-45(37)57-60-55(39-20-6-3-7-21-39)59-56(61-57)40-22-8-4-9-23-40)62-49-31-17-15-29-46(49)58(42-25-10-5-11-26-42,47-30-16-18-32-50(47)62)48-36-41-24-12-13-27-43(41)53-44-28-14-19-33-52(44)63-54(48)53/h3-36H,1-2H3. The average Bonchev–Trinajstić information content (AvgIpc) is 3.75. The number of benzene rings is 9. The van der Waals surface area contributed by atoms with E-state index in [2.05, 4.69) is 164 Å². The van der Waals surface area contributed by atoms with E-state index < -0.39 is 5.41 Å². The first kappa shape index (κ1) is 36.7. The molecule has 0 N–H and O–H groups in total.